The minimum absolute atomic E-state index is 0.755. The van der Waals surface area contributed by atoms with Crippen molar-refractivity contribution in [2.45, 2.75) is 0 Å². The lowest BCUT2D eigenvalue weighted by atomic mass is 10.9. The number of carbonyl (C=O) groups is 1. The van der Waals surface area contributed by atoms with E-state index < -0.39 is 6.09 Å². The molecule has 0 unspecified atom stereocenters. The number of amides is 1. The Morgan fingerprint density at radius 1 is 2.00 bits per heavy atom. The lowest BCUT2D eigenvalue weighted by molar-refractivity contribution is 0.162. The Bertz CT molecular complexity index is 145. The lowest BCUT2D eigenvalue weighted by Crippen LogP contribution is -2.08. The van der Waals surface area contributed by atoms with E-state index in [1.165, 1.54) is 6.07 Å². The molecule has 0 radical (unpaired) electrons. The van der Waals surface area contributed by atoms with E-state index >= 15 is 0 Å². The van der Waals surface area contributed by atoms with Gasteiger partial charge in [0.05, 0.1) is 0 Å². The smallest absolute Gasteiger partial charge is 0.333 e. The van der Waals surface area contributed by atoms with Gasteiger partial charge in [-0.3, -0.25) is 4.84 Å². The molecular weight excluding hydrogens is 110 g/mol. The lowest BCUT2D eigenvalue weighted by Gasteiger charge is -1.81. The second-order valence-corrected chi connectivity index (χ2v) is 0.774. The highest BCUT2D eigenvalue weighted by Crippen LogP contribution is 1.69. The van der Waals surface area contributed by atoms with Crippen LogP contribution in [0.1, 0.15) is 0 Å². The average Bonchev–Trinajstić information content (AvgIpc) is 1.66. The largest absolute Gasteiger partial charge is 0.430 e. The number of hydrogen-bond donors (Lipinski definition) is 1. The van der Waals surface area contributed by atoms with Crippen molar-refractivity contribution in [3.05, 3.63) is 0 Å². The maximum atomic E-state index is 9.65. The summed E-state index contributed by atoms with van der Waals surface area (Å²) >= 11 is 0. The molecule has 0 bridgehead atoms. The summed E-state index contributed by atoms with van der Waals surface area (Å²) in [6.07, 6.45) is -0.276. The number of carbonyl (C=O) groups excluding carboxylic acids is 1. The van der Waals surface area contributed by atoms with E-state index in [2.05, 4.69) is 15.7 Å². The number of hydrogen-bond acceptors (Lipinski definition) is 4. The van der Waals surface area contributed by atoms with Crippen LogP contribution in [0.2, 0.25) is 0 Å². The number of nitriles is 1. The van der Waals surface area contributed by atoms with Gasteiger partial charge in [-0.1, -0.05) is 5.16 Å². The van der Waals surface area contributed by atoms with Gasteiger partial charge in [-0.25, -0.2) is 4.79 Å². The molecule has 8 heavy (non-hydrogen) atoms. The van der Waals surface area contributed by atoms with Crippen molar-refractivity contribution in [3.63, 3.8) is 0 Å². The molecule has 5 heteroatoms. The van der Waals surface area contributed by atoms with Crippen LogP contribution >= 0.6 is 0 Å². The number of rotatable bonds is 1. The maximum Gasteiger partial charge on any atom is 0.430 e. The molecule has 0 rings (SSSR count). The fraction of sp³-hybridized carbons (Fsp3) is 0. The first-order valence-electron chi connectivity index (χ1n) is 1.65. The Kier molecular flexibility index (Phi) is 2.90. The minimum atomic E-state index is -1.03. The highest BCUT2D eigenvalue weighted by molar-refractivity contribution is 5.75. The summed E-state index contributed by atoms with van der Waals surface area (Å²) in [7, 11) is 0. The Labute approximate surface area is 45.3 Å². The van der Waals surface area contributed by atoms with Crippen molar-refractivity contribution in [1.82, 2.24) is 0 Å². The summed E-state index contributed by atoms with van der Waals surface area (Å²) in [5, 5.41) is 10.6. The second-order valence-electron chi connectivity index (χ2n) is 0.774. The van der Waals surface area contributed by atoms with Gasteiger partial charge >= 0.3 is 6.09 Å². The van der Waals surface area contributed by atoms with Crippen LogP contribution in [0.25, 0.3) is 0 Å². The molecule has 0 saturated heterocycles. The fourth-order valence-corrected chi connectivity index (χ4v) is 0.102. The SMILES string of the molecule is N#CC=NOC(N)=O. The van der Waals surface area contributed by atoms with E-state index in [0.717, 1.165) is 6.21 Å². The van der Waals surface area contributed by atoms with Crippen LogP contribution in [-0.4, -0.2) is 12.3 Å². The number of nitrogens with zero attached hydrogens (tertiary/aromatic N) is 2. The molecule has 0 aliphatic heterocycles. The Balaban J connectivity index is 3.34. The van der Waals surface area contributed by atoms with E-state index in [4.69, 9.17) is 5.26 Å². The molecule has 1 amide bonds. The summed E-state index contributed by atoms with van der Waals surface area (Å²) in [5.74, 6) is 0. The van der Waals surface area contributed by atoms with E-state index in [-0.39, 0.29) is 0 Å². The van der Waals surface area contributed by atoms with Crippen molar-refractivity contribution in [2.75, 3.05) is 0 Å². The van der Waals surface area contributed by atoms with Gasteiger partial charge in [0, 0.05) is 0 Å². The summed E-state index contributed by atoms with van der Waals surface area (Å²) in [6, 6.07) is 1.50. The Hall–Kier alpha value is -1.57. The molecule has 0 atom stereocenters. The molecule has 0 fully saturated rings. The van der Waals surface area contributed by atoms with Gasteiger partial charge in [-0.15, -0.1) is 0 Å². The zero-order valence-corrected chi connectivity index (χ0v) is 3.87. The maximum absolute atomic E-state index is 9.65. The zero-order valence-electron chi connectivity index (χ0n) is 3.87. The van der Waals surface area contributed by atoms with Crippen molar-refractivity contribution in [2.24, 2.45) is 10.9 Å². The van der Waals surface area contributed by atoms with Gasteiger partial charge in [-0.05, 0) is 0 Å². The standard InChI is InChI=1S/C3H3N3O2/c4-1-2-6-8-3(5)7/h2H,(H2,5,7). The first-order valence-corrected chi connectivity index (χ1v) is 1.65. The van der Waals surface area contributed by atoms with Gasteiger partial charge in [-0.2, -0.15) is 5.26 Å². The van der Waals surface area contributed by atoms with Gasteiger partial charge in [0.1, 0.15) is 12.3 Å². The molecule has 0 aromatic carbocycles. The molecule has 2 N–H and O–H groups in total. The molecule has 0 aliphatic rings. The summed E-state index contributed by atoms with van der Waals surface area (Å²) in [6.45, 7) is 0. The fourth-order valence-electron chi connectivity index (χ4n) is 0.102. The summed E-state index contributed by atoms with van der Waals surface area (Å²) in [5.41, 5.74) is 4.45. The van der Waals surface area contributed by atoms with Crippen LogP contribution in [0.3, 0.4) is 0 Å². The summed E-state index contributed by atoms with van der Waals surface area (Å²) in [4.78, 5) is 13.4. The number of oxime groups is 1. The second kappa shape index (κ2) is 3.61. The third-order valence-corrected chi connectivity index (χ3v) is 0.253. The Morgan fingerprint density at radius 3 is 3.00 bits per heavy atom. The van der Waals surface area contributed by atoms with Crippen LogP contribution in [0.4, 0.5) is 4.79 Å². The van der Waals surface area contributed by atoms with Crippen molar-refractivity contribution >= 4 is 12.3 Å². The molecule has 42 valence electrons. The first-order chi connectivity index (χ1) is 3.77. The van der Waals surface area contributed by atoms with Crippen LogP contribution in [0.15, 0.2) is 5.16 Å². The average molecular weight is 113 g/mol. The quantitative estimate of drug-likeness (QED) is 0.285. The van der Waals surface area contributed by atoms with Crippen LogP contribution in [0.5, 0.6) is 0 Å². The van der Waals surface area contributed by atoms with Crippen molar-refractivity contribution in [3.8, 4) is 6.07 Å². The van der Waals surface area contributed by atoms with Gasteiger partial charge in [0.2, 0.25) is 0 Å². The topological polar surface area (TPSA) is 88.5 Å². The van der Waals surface area contributed by atoms with Crippen LogP contribution in [0, 0.1) is 11.3 Å². The van der Waals surface area contributed by atoms with Crippen molar-refractivity contribution in [1.29, 1.82) is 5.26 Å². The van der Waals surface area contributed by atoms with E-state index in [9.17, 15) is 4.79 Å². The normalized spacial score (nSPS) is 8.38. The third-order valence-electron chi connectivity index (χ3n) is 0.253. The predicted molar refractivity (Wildman–Crippen MR) is 24.8 cm³/mol. The molecule has 5 nitrogen and oxygen atoms in total. The first kappa shape index (κ1) is 6.43. The molecule has 0 aliphatic carbocycles. The molecule has 0 spiro atoms. The monoisotopic (exact) mass is 113 g/mol. The molecule has 0 aromatic heterocycles. The number of nitrogens with two attached hydrogens (primary N) is 1. The highest BCUT2D eigenvalue weighted by Gasteiger charge is 1.84. The molecule has 0 aromatic rings. The minimum Gasteiger partial charge on any atom is -0.333 e. The van der Waals surface area contributed by atoms with Crippen LogP contribution in [-0.2, 0) is 4.84 Å². The highest BCUT2D eigenvalue weighted by atomic mass is 16.7. The number of primary amides is 1. The van der Waals surface area contributed by atoms with E-state index in [1.54, 1.807) is 0 Å². The molecular formula is C3H3N3O2. The molecule has 0 saturated carbocycles. The predicted octanol–water partition coefficient (Wildman–Crippen LogP) is -0.409. The van der Waals surface area contributed by atoms with E-state index in [0.29, 0.717) is 0 Å². The van der Waals surface area contributed by atoms with Crippen LogP contribution < -0.4 is 5.73 Å². The van der Waals surface area contributed by atoms with Gasteiger partial charge in [0.25, 0.3) is 0 Å². The molecule has 0 heterocycles. The Morgan fingerprint density at radius 2 is 2.62 bits per heavy atom. The zero-order chi connectivity index (χ0) is 6.41. The van der Waals surface area contributed by atoms with Crippen molar-refractivity contribution < 1.29 is 9.63 Å². The summed E-state index contributed by atoms with van der Waals surface area (Å²) < 4.78 is 0. The van der Waals surface area contributed by atoms with E-state index in [1.807, 2.05) is 0 Å². The third kappa shape index (κ3) is 4.43. The van der Waals surface area contributed by atoms with Gasteiger partial charge < -0.3 is 5.73 Å². The van der Waals surface area contributed by atoms with Gasteiger partial charge in [0.15, 0.2) is 0 Å².